The fourth-order valence-corrected chi connectivity index (χ4v) is 2.02. The van der Waals surface area contributed by atoms with Crippen molar-refractivity contribution in [3.05, 3.63) is 53.5 Å². The highest BCUT2D eigenvalue weighted by Gasteiger charge is 2.07. The van der Waals surface area contributed by atoms with Gasteiger partial charge in [0.1, 0.15) is 11.3 Å². The molecule has 0 aliphatic carbocycles. The number of aryl methyl sites for hydroxylation is 2. The number of pyridine rings is 1. The van der Waals surface area contributed by atoms with Gasteiger partial charge in [-0.05, 0) is 43.2 Å². The molecule has 2 aromatic heterocycles. The zero-order valence-corrected chi connectivity index (χ0v) is 11.6. The van der Waals surface area contributed by atoms with E-state index in [-0.39, 0.29) is 0 Å². The van der Waals surface area contributed by atoms with Crippen LogP contribution in [0.15, 0.2) is 40.8 Å². The molecule has 0 amide bonds. The molecule has 2 heterocycles. The van der Waals surface area contributed by atoms with Crippen LogP contribution in [-0.4, -0.2) is 9.97 Å². The maximum Gasteiger partial charge on any atom is 0.247 e. The van der Waals surface area contributed by atoms with E-state index < -0.39 is 0 Å². The Bertz CT molecular complexity index is 734. The molecule has 20 heavy (non-hydrogen) atoms. The van der Waals surface area contributed by atoms with E-state index in [4.69, 9.17) is 9.15 Å². The molecule has 0 saturated heterocycles. The summed E-state index contributed by atoms with van der Waals surface area (Å²) in [6, 6.07) is 11.9. The smallest absolute Gasteiger partial charge is 0.247 e. The van der Waals surface area contributed by atoms with E-state index in [1.807, 2.05) is 37.3 Å². The molecule has 0 bridgehead atoms. The number of fused-ring (bicyclic) bond motifs is 1. The third-order valence-corrected chi connectivity index (χ3v) is 3.11. The molecular weight excluding hydrogens is 252 g/mol. The van der Waals surface area contributed by atoms with Crippen molar-refractivity contribution in [3.63, 3.8) is 0 Å². The summed E-state index contributed by atoms with van der Waals surface area (Å²) < 4.78 is 11.3. The highest BCUT2D eigenvalue weighted by atomic mass is 16.5. The lowest BCUT2D eigenvalue weighted by molar-refractivity contribution is 0.266. The average molecular weight is 268 g/mol. The van der Waals surface area contributed by atoms with E-state index >= 15 is 0 Å². The molecule has 0 N–H and O–H groups in total. The largest absolute Gasteiger partial charge is 0.484 e. The summed E-state index contributed by atoms with van der Waals surface area (Å²) >= 11 is 0. The molecule has 0 aliphatic heterocycles. The second kappa shape index (κ2) is 5.33. The van der Waals surface area contributed by atoms with Gasteiger partial charge in [-0.15, -0.1) is 0 Å². The minimum atomic E-state index is 0.308. The van der Waals surface area contributed by atoms with Crippen molar-refractivity contribution >= 4 is 11.2 Å². The third-order valence-electron chi connectivity index (χ3n) is 3.11. The van der Waals surface area contributed by atoms with Gasteiger partial charge in [0, 0.05) is 5.69 Å². The Morgan fingerprint density at radius 1 is 1.15 bits per heavy atom. The Morgan fingerprint density at radius 2 is 2.05 bits per heavy atom. The maximum atomic E-state index is 5.71. The van der Waals surface area contributed by atoms with Crippen LogP contribution in [0.5, 0.6) is 5.75 Å². The Morgan fingerprint density at radius 3 is 2.90 bits per heavy atom. The van der Waals surface area contributed by atoms with Gasteiger partial charge in [-0.2, -0.15) is 0 Å². The normalized spacial score (nSPS) is 10.9. The van der Waals surface area contributed by atoms with Crippen LogP contribution in [-0.2, 0) is 13.0 Å². The average Bonchev–Trinajstić information content (AvgIpc) is 2.87. The number of rotatable bonds is 4. The minimum absolute atomic E-state index is 0.308. The van der Waals surface area contributed by atoms with Crippen molar-refractivity contribution in [1.82, 2.24) is 9.97 Å². The van der Waals surface area contributed by atoms with Crippen LogP contribution in [0.3, 0.4) is 0 Å². The van der Waals surface area contributed by atoms with Gasteiger partial charge in [0.15, 0.2) is 6.61 Å². The fourth-order valence-electron chi connectivity index (χ4n) is 2.02. The van der Waals surface area contributed by atoms with Crippen molar-refractivity contribution in [2.24, 2.45) is 0 Å². The summed E-state index contributed by atoms with van der Waals surface area (Å²) in [5.41, 5.74) is 3.48. The van der Waals surface area contributed by atoms with E-state index in [1.54, 1.807) is 0 Å². The number of benzene rings is 1. The van der Waals surface area contributed by atoms with Gasteiger partial charge in [-0.3, -0.25) is 0 Å². The molecule has 4 nitrogen and oxygen atoms in total. The summed E-state index contributed by atoms with van der Waals surface area (Å²) in [6.07, 6.45) is 0.989. The second-order valence-corrected chi connectivity index (χ2v) is 4.67. The van der Waals surface area contributed by atoms with Crippen molar-refractivity contribution in [2.75, 3.05) is 0 Å². The Hall–Kier alpha value is -2.36. The Balaban J connectivity index is 1.76. The Labute approximate surface area is 117 Å². The van der Waals surface area contributed by atoms with E-state index in [1.165, 1.54) is 5.56 Å². The monoisotopic (exact) mass is 268 g/mol. The molecule has 1 aromatic carbocycles. The summed E-state index contributed by atoms with van der Waals surface area (Å²) in [4.78, 5) is 8.65. The number of aromatic nitrogens is 2. The van der Waals surface area contributed by atoms with Crippen LogP contribution in [0.25, 0.3) is 11.2 Å². The number of hydrogen-bond donors (Lipinski definition) is 0. The number of nitrogens with zero attached hydrogens (tertiary/aromatic N) is 2. The van der Waals surface area contributed by atoms with Crippen LogP contribution in [0, 0.1) is 6.92 Å². The summed E-state index contributed by atoms with van der Waals surface area (Å²) in [5, 5.41) is 0. The molecule has 0 radical (unpaired) electrons. The lowest BCUT2D eigenvalue weighted by Crippen LogP contribution is -1.95. The van der Waals surface area contributed by atoms with Gasteiger partial charge in [0.2, 0.25) is 11.6 Å². The maximum absolute atomic E-state index is 5.71. The summed E-state index contributed by atoms with van der Waals surface area (Å²) in [6.45, 7) is 4.35. The molecule has 0 aliphatic rings. The lowest BCUT2D eigenvalue weighted by atomic mass is 10.2. The molecule has 0 fully saturated rings. The molecule has 0 saturated carbocycles. The van der Waals surface area contributed by atoms with Gasteiger partial charge in [-0.1, -0.05) is 19.1 Å². The molecule has 3 aromatic rings. The first-order valence-electron chi connectivity index (χ1n) is 6.69. The third kappa shape index (κ3) is 2.64. The molecule has 102 valence electrons. The Kier molecular flexibility index (Phi) is 3.37. The summed E-state index contributed by atoms with van der Waals surface area (Å²) in [5.74, 6) is 1.37. The number of ether oxygens (including phenoxy) is 1. The molecule has 0 atom stereocenters. The van der Waals surface area contributed by atoms with Gasteiger partial charge in [-0.25, -0.2) is 9.97 Å². The standard InChI is InChI=1S/C16H16N2O2/c1-3-12-5-4-6-13(9-12)19-10-15-18-14-8-7-11(2)17-16(14)20-15/h4-9H,3,10H2,1-2H3. The van der Waals surface area contributed by atoms with E-state index in [0.29, 0.717) is 18.2 Å². The first-order valence-corrected chi connectivity index (χ1v) is 6.69. The molecule has 4 heteroatoms. The van der Waals surface area contributed by atoms with Crippen molar-refractivity contribution in [3.8, 4) is 5.75 Å². The highest BCUT2D eigenvalue weighted by Crippen LogP contribution is 2.18. The molecule has 0 unspecified atom stereocenters. The van der Waals surface area contributed by atoms with E-state index in [9.17, 15) is 0 Å². The van der Waals surface area contributed by atoms with Crippen LogP contribution in [0.1, 0.15) is 24.1 Å². The molecule has 0 spiro atoms. The lowest BCUT2D eigenvalue weighted by Gasteiger charge is -2.04. The molecule has 3 rings (SSSR count). The topological polar surface area (TPSA) is 48.2 Å². The van der Waals surface area contributed by atoms with Crippen molar-refractivity contribution in [2.45, 2.75) is 26.9 Å². The quantitative estimate of drug-likeness (QED) is 0.724. The first-order chi connectivity index (χ1) is 9.74. The van der Waals surface area contributed by atoms with Crippen LogP contribution in [0.4, 0.5) is 0 Å². The SMILES string of the molecule is CCc1cccc(OCc2nc3ccc(C)nc3o2)c1. The van der Waals surface area contributed by atoms with E-state index in [2.05, 4.69) is 23.0 Å². The van der Waals surface area contributed by atoms with Crippen molar-refractivity contribution in [1.29, 1.82) is 0 Å². The van der Waals surface area contributed by atoms with Crippen LogP contribution < -0.4 is 4.74 Å². The van der Waals surface area contributed by atoms with Crippen LogP contribution in [0.2, 0.25) is 0 Å². The van der Waals surface area contributed by atoms with Crippen molar-refractivity contribution < 1.29 is 9.15 Å². The van der Waals surface area contributed by atoms with Gasteiger partial charge in [0.25, 0.3) is 0 Å². The van der Waals surface area contributed by atoms with Gasteiger partial charge in [0.05, 0.1) is 0 Å². The number of hydrogen-bond acceptors (Lipinski definition) is 4. The first kappa shape index (κ1) is 12.7. The number of oxazole rings is 1. The fraction of sp³-hybridized carbons (Fsp3) is 0.250. The zero-order chi connectivity index (χ0) is 13.9. The predicted octanol–water partition coefficient (Wildman–Crippen LogP) is 3.67. The zero-order valence-electron chi connectivity index (χ0n) is 11.6. The van der Waals surface area contributed by atoms with Crippen LogP contribution >= 0.6 is 0 Å². The predicted molar refractivity (Wildman–Crippen MR) is 76.7 cm³/mol. The van der Waals surface area contributed by atoms with Gasteiger partial charge >= 0.3 is 0 Å². The molecular formula is C16H16N2O2. The summed E-state index contributed by atoms with van der Waals surface area (Å²) in [7, 11) is 0. The highest BCUT2D eigenvalue weighted by molar-refractivity contribution is 5.67. The second-order valence-electron chi connectivity index (χ2n) is 4.67. The van der Waals surface area contributed by atoms with E-state index in [0.717, 1.165) is 23.4 Å². The minimum Gasteiger partial charge on any atom is -0.484 e. The van der Waals surface area contributed by atoms with Gasteiger partial charge < -0.3 is 9.15 Å².